The first-order valence-electron chi connectivity index (χ1n) is 7.38. The third kappa shape index (κ3) is 3.15. The van der Waals surface area contributed by atoms with Gasteiger partial charge in [-0.15, -0.1) is 0 Å². The van der Waals surface area contributed by atoms with Gasteiger partial charge in [-0.3, -0.25) is 4.90 Å². The minimum Gasteiger partial charge on any atom is -0.330 e. The Morgan fingerprint density at radius 3 is 2.84 bits per heavy atom. The second-order valence-electron chi connectivity index (χ2n) is 5.56. The molecule has 0 heterocycles. The van der Waals surface area contributed by atoms with E-state index in [1.807, 2.05) is 6.07 Å². The highest BCUT2D eigenvalue weighted by Crippen LogP contribution is 2.34. The fourth-order valence-corrected chi connectivity index (χ4v) is 3.48. The molecule has 1 saturated carbocycles. The maximum atomic E-state index is 13.4. The largest absolute Gasteiger partial charge is 0.330 e. The van der Waals surface area contributed by atoms with Crippen molar-refractivity contribution in [1.29, 1.82) is 0 Å². The number of rotatable bonds is 5. The highest BCUT2D eigenvalue weighted by atomic mass is 19.1. The predicted molar refractivity (Wildman–Crippen MR) is 77.4 cm³/mol. The van der Waals surface area contributed by atoms with Crippen LogP contribution in [-0.2, 0) is 0 Å². The second-order valence-corrected chi connectivity index (χ2v) is 5.56. The van der Waals surface area contributed by atoms with Crippen LogP contribution < -0.4 is 5.73 Å². The lowest BCUT2D eigenvalue weighted by Gasteiger charge is -2.37. The predicted octanol–water partition coefficient (Wildman–Crippen LogP) is 3.34. The number of nitrogens with two attached hydrogens (primary N) is 1. The Morgan fingerprint density at radius 2 is 2.21 bits per heavy atom. The van der Waals surface area contributed by atoms with Crippen LogP contribution in [0.25, 0.3) is 0 Å². The van der Waals surface area contributed by atoms with Gasteiger partial charge in [-0.2, -0.15) is 0 Å². The van der Waals surface area contributed by atoms with Crippen LogP contribution in [-0.4, -0.2) is 24.0 Å². The lowest BCUT2D eigenvalue weighted by molar-refractivity contribution is 0.123. The molecule has 0 saturated heterocycles. The first-order chi connectivity index (χ1) is 9.17. The SMILES string of the molecule is CCN(C(C)c1cccc(F)c1)C1CCCC1CN. The summed E-state index contributed by atoms with van der Waals surface area (Å²) in [4.78, 5) is 2.49. The zero-order valence-electron chi connectivity index (χ0n) is 12.0. The van der Waals surface area contributed by atoms with Crippen LogP contribution in [0.15, 0.2) is 24.3 Å². The summed E-state index contributed by atoms with van der Waals surface area (Å²) in [6, 6.07) is 7.77. The summed E-state index contributed by atoms with van der Waals surface area (Å²) in [5, 5.41) is 0. The molecule has 0 radical (unpaired) electrons. The molecule has 1 aromatic carbocycles. The second kappa shape index (κ2) is 6.49. The first-order valence-corrected chi connectivity index (χ1v) is 7.38. The Morgan fingerprint density at radius 1 is 1.42 bits per heavy atom. The van der Waals surface area contributed by atoms with Gasteiger partial charge in [0, 0.05) is 12.1 Å². The molecule has 1 aliphatic rings. The molecule has 3 atom stereocenters. The van der Waals surface area contributed by atoms with Crippen molar-refractivity contribution in [2.24, 2.45) is 11.7 Å². The third-order valence-corrected chi connectivity index (χ3v) is 4.54. The molecule has 0 aliphatic heterocycles. The first kappa shape index (κ1) is 14.5. The molecule has 2 nitrogen and oxygen atoms in total. The maximum Gasteiger partial charge on any atom is 0.123 e. The Balaban J connectivity index is 2.17. The maximum absolute atomic E-state index is 13.4. The van der Waals surface area contributed by atoms with Gasteiger partial charge >= 0.3 is 0 Å². The van der Waals surface area contributed by atoms with E-state index in [2.05, 4.69) is 18.7 Å². The smallest absolute Gasteiger partial charge is 0.123 e. The minimum atomic E-state index is -0.151. The molecular formula is C16H25FN2. The normalized spacial score (nSPS) is 24.9. The van der Waals surface area contributed by atoms with Crippen molar-refractivity contribution < 1.29 is 4.39 Å². The van der Waals surface area contributed by atoms with Crippen molar-refractivity contribution in [3.05, 3.63) is 35.6 Å². The van der Waals surface area contributed by atoms with E-state index in [9.17, 15) is 4.39 Å². The number of halogens is 1. The number of benzene rings is 1. The zero-order chi connectivity index (χ0) is 13.8. The minimum absolute atomic E-state index is 0.151. The molecule has 0 amide bonds. The Bertz CT molecular complexity index is 407. The van der Waals surface area contributed by atoms with Crippen molar-refractivity contribution in [3.63, 3.8) is 0 Å². The van der Waals surface area contributed by atoms with Crippen LogP contribution >= 0.6 is 0 Å². The quantitative estimate of drug-likeness (QED) is 0.884. The van der Waals surface area contributed by atoms with E-state index in [0.29, 0.717) is 12.0 Å². The number of hydrogen-bond donors (Lipinski definition) is 1. The molecular weight excluding hydrogens is 239 g/mol. The molecule has 2 N–H and O–H groups in total. The summed E-state index contributed by atoms with van der Waals surface area (Å²) in [6.07, 6.45) is 3.71. The monoisotopic (exact) mass is 264 g/mol. The molecule has 0 spiro atoms. The summed E-state index contributed by atoms with van der Waals surface area (Å²) in [6.45, 7) is 6.10. The lowest BCUT2D eigenvalue weighted by atomic mass is 9.98. The summed E-state index contributed by atoms with van der Waals surface area (Å²) in [5.74, 6) is 0.443. The van der Waals surface area contributed by atoms with Crippen molar-refractivity contribution in [1.82, 2.24) is 4.90 Å². The van der Waals surface area contributed by atoms with Crippen LogP contribution in [0.1, 0.15) is 44.7 Å². The average molecular weight is 264 g/mol. The van der Waals surface area contributed by atoms with Gasteiger partial charge in [0.1, 0.15) is 5.82 Å². The van der Waals surface area contributed by atoms with Gasteiger partial charge in [0.05, 0.1) is 0 Å². The highest BCUT2D eigenvalue weighted by Gasteiger charge is 2.33. The van der Waals surface area contributed by atoms with Gasteiger partial charge in [0.2, 0.25) is 0 Å². The van der Waals surface area contributed by atoms with E-state index in [1.54, 1.807) is 12.1 Å². The van der Waals surface area contributed by atoms with Gasteiger partial charge in [-0.1, -0.05) is 25.5 Å². The molecule has 3 heteroatoms. The Kier molecular flexibility index (Phi) is 4.94. The highest BCUT2D eigenvalue weighted by molar-refractivity contribution is 5.20. The van der Waals surface area contributed by atoms with Crippen molar-refractivity contribution in [2.75, 3.05) is 13.1 Å². The molecule has 2 rings (SSSR count). The molecule has 3 unspecified atom stereocenters. The standard InChI is InChI=1S/C16H25FN2/c1-3-19(16-9-5-7-14(16)11-18)12(2)13-6-4-8-15(17)10-13/h4,6,8,10,12,14,16H,3,5,7,9,11,18H2,1-2H3. The molecule has 1 aliphatic carbocycles. The average Bonchev–Trinajstić information content (AvgIpc) is 2.88. The molecule has 0 bridgehead atoms. The van der Waals surface area contributed by atoms with E-state index in [4.69, 9.17) is 5.73 Å². The summed E-state index contributed by atoms with van der Waals surface area (Å²) < 4.78 is 13.4. The Hall–Kier alpha value is -0.930. The van der Waals surface area contributed by atoms with E-state index in [1.165, 1.54) is 25.3 Å². The fourth-order valence-electron chi connectivity index (χ4n) is 3.48. The van der Waals surface area contributed by atoms with Crippen LogP contribution in [0, 0.1) is 11.7 Å². The number of hydrogen-bond acceptors (Lipinski definition) is 2. The van der Waals surface area contributed by atoms with Gasteiger partial charge in [-0.25, -0.2) is 4.39 Å². The molecule has 1 aromatic rings. The summed E-state index contributed by atoms with van der Waals surface area (Å²) >= 11 is 0. The third-order valence-electron chi connectivity index (χ3n) is 4.54. The van der Waals surface area contributed by atoms with Crippen LogP contribution in [0.2, 0.25) is 0 Å². The van der Waals surface area contributed by atoms with E-state index in [0.717, 1.165) is 18.7 Å². The van der Waals surface area contributed by atoms with Crippen molar-refractivity contribution >= 4 is 0 Å². The molecule has 19 heavy (non-hydrogen) atoms. The Labute approximate surface area is 115 Å². The number of nitrogens with zero attached hydrogens (tertiary/aromatic N) is 1. The fraction of sp³-hybridized carbons (Fsp3) is 0.625. The summed E-state index contributed by atoms with van der Waals surface area (Å²) in [5.41, 5.74) is 6.95. The lowest BCUT2D eigenvalue weighted by Crippen LogP contribution is -2.41. The van der Waals surface area contributed by atoms with E-state index < -0.39 is 0 Å². The zero-order valence-corrected chi connectivity index (χ0v) is 12.0. The van der Waals surface area contributed by atoms with Gasteiger partial charge in [0.25, 0.3) is 0 Å². The van der Waals surface area contributed by atoms with Crippen molar-refractivity contribution in [2.45, 2.75) is 45.2 Å². The van der Waals surface area contributed by atoms with Gasteiger partial charge in [-0.05, 0) is 56.5 Å². The van der Waals surface area contributed by atoms with Crippen molar-refractivity contribution in [3.8, 4) is 0 Å². The van der Waals surface area contributed by atoms with Gasteiger partial charge < -0.3 is 5.73 Å². The molecule has 1 fully saturated rings. The summed E-state index contributed by atoms with van der Waals surface area (Å²) in [7, 11) is 0. The topological polar surface area (TPSA) is 29.3 Å². The van der Waals surface area contributed by atoms with Crippen LogP contribution in [0.4, 0.5) is 4.39 Å². The molecule has 0 aromatic heterocycles. The van der Waals surface area contributed by atoms with E-state index in [-0.39, 0.29) is 11.9 Å². The van der Waals surface area contributed by atoms with Crippen LogP contribution in [0.3, 0.4) is 0 Å². The van der Waals surface area contributed by atoms with Gasteiger partial charge in [0.15, 0.2) is 0 Å². The van der Waals surface area contributed by atoms with E-state index >= 15 is 0 Å². The molecule has 106 valence electrons. The van der Waals surface area contributed by atoms with Crippen LogP contribution in [0.5, 0.6) is 0 Å².